The van der Waals surface area contributed by atoms with Crippen LogP contribution in [0.2, 0.25) is 0 Å². The minimum atomic E-state index is -1.46. The third-order valence-corrected chi connectivity index (χ3v) is 12.7. The first-order valence-corrected chi connectivity index (χ1v) is 21.8. The molecule has 1 heterocycles. The van der Waals surface area contributed by atoms with E-state index in [1.54, 1.807) is 20.8 Å². The van der Waals surface area contributed by atoms with Gasteiger partial charge in [0, 0.05) is 5.75 Å². The highest BCUT2D eigenvalue weighted by molar-refractivity contribution is 8.00. The van der Waals surface area contributed by atoms with Crippen molar-refractivity contribution in [2.45, 2.75) is 75.8 Å². The van der Waals surface area contributed by atoms with Gasteiger partial charge in [-0.1, -0.05) is 115 Å². The molecule has 1 aliphatic rings. The van der Waals surface area contributed by atoms with Gasteiger partial charge >= 0.3 is 12.1 Å². The molecule has 57 heavy (non-hydrogen) atoms. The van der Waals surface area contributed by atoms with E-state index in [1.165, 1.54) is 23.5 Å². The largest absolute Gasteiger partial charge is 0.480 e. The number of ether oxygens (including phenoxy) is 1. The molecule has 3 amide bonds. The number of piperidine rings is 1. The summed E-state index contributed by atoms with van der Waals surface area (Å²) < 4.78 is 4.83. The highest BCUT2D eigenvalue weighted by atomic mass is 32.2. The molecule has 9 nitrogen and oxygen atoms in total. The Morgan fingerprint density at radius 2 is 1.33 bits per heavy atom. The minimum absolute atomic E-state index is 0.0260. The summed E-state index contributed by atoms with van der Waals surface area (Å²) in [4.78, 5) is 58.8. The van der Waals surface area contributed by atoms with Crippen LogP contribution in [0.15, 0.2) is 115 Å². The lowest BCUT2D eigenvalue weighted by Crippen LogP contribution is -2.62. The lowest BCUT2D eigenvalue weighted by atomic mass is 9.72. The average Bonchev–Trinajstić information content (AvgIpc) is 3.20. The predicted molar refractivity (Wildman–Crippen MR) is 231 cm³/mol. The molecule has 4 aromatic carbocycles. The molecule has 1 aliphatic heterocycles. The first-order chi connectivity index (χ1) is 27.3. The fraction of sp³-hybridized carbons (Fsp3) is 0.391. The van der Waals surface area contributed by atoms with E-state index in [9.17, 15) is 14.7 Å². The van der Waals surface area contributed by atoms with Gasteiger partial charge in [0.25, 0.3) is 5.91 Å². The molecule has 11 heteroatoms. The second kappa shape index (κ2) is 19.7. The number of hydrogen-bond acceptors (Lipinski definition) is 8. The van der Waals surface area contributed by atoms with Gasteiger partial charge in [-0.25, -0.2) is 9.59 Å². The van der Waals surface area contributed by atoms with Gasteiger partial charge in [0.15, 0.2) is 0 Å². The molecular weight excluding hydrogens is 755 g/mol. The maximum absolute atomic E-state index is 15.5. The van der Waals surface area contributed by atoms with Crippen molar-refractivity contribution in [3.05, 3.63) is 143 Å². The Balaban J connectivity index is 1.66. The number of nitrogens with one attached hydrogen (secondary N) is 2. The first kappa shape index (κ1) is 43.5. The highest BCUT2D eigenvalue weighted by Gasteiger charge is 2.49. The van der Waals surface area contributed by atoms with Crippen molar-refractivity contribution < 1.29 is 29.0 Å². The molecule has 0 bridgehead atoms. The summed E-state index contributed by atoms with van der Waals surface area (Å²) in [6.45, 7) is 8.25. The van der Waals surface area contributed by atoms with Crippen LogP contribution in [0.25, 0.3) is 0 Å². The predicted octanol–water partition coefficient (Wildman–Crippen LogP) is 8.09. The van der Waals surface area contributed by atoms with Gasteiger partial charge in [-0.3, -0.25) is 14.5 Å². The number of rotatable bonds is 16. The Bertz CT molecular complexity index is 1850. The van der Waals surface area contributed by atoms with E-state index in [1.807, 2.05) is 128 Å². The minimum Gasteiger partial charge on any atom is -0.480 e. The zero-order chi connectivity index (χ0) is 41.1. The number of carbonyl (C=O) groups excluding carboxylic acids is 3. The van der Waals surface area contributed by atoms with E-state index in [-0.39, 0.29) is 12.2 Å². The Morgan fingerprint density at radius 3 is 1.81 bits per heavy atom. The summed E-state index contributed by atoms with van der Waals surface area (Å²) in [5.74, 6) is -2.22. The monoisotopic (exact) mass is 809 g/mol. The van der Waals surface area contributed by atoms with Gasteiger partial charge in [-0.2, -0.15) is 11.8 Å². The SMILES string of the molecule is CSCC[C@@H](C(=O)O)N(C(=O)[C@H](CSC(c1ccccc1)(c1ccccc1)c1ccccc1)NC(=O)OC(C)(C)C)C(=O)C1(Cc2ccccc2C)CCNCC1. The molecule has 0 spiro atoms. The van der Waals surface area contributed by atoms with Crippen molar-refractivity contribution in [1.29, 1.82) is 0 Å². The summed E-state index contributed by atoms with van der Waals surface area (Å²) in [5, 5.41) is 17.0. The van der Waals surface area contributed by atoms with Crippen LogP contribution in [-0.4, -0.2) is 82.4 Å². The van der Waals surface area contributed by atoms with Crippen LogP contribution in [0.5, 0.6) is 0 Å². The number of carbonyl (C=O) groups is 4. The summed E-state index contributed by atoms with van der Waals surface area (Å²) in [6.07, 6.45) is 2.23. The van der Waals surface area contributed by atoms with Crippen LogP contribution in [0.4, 0.5) is 4.79 Å². The van der Waals surface area contributed by atoms with Gasteiger partial charge < -0.3 is 20.5 Å². The molecule has 5 rings (SSSR count). The average molecular weight is 810 g/mol. The van der Waals surface area contributed by atoms with Gasteiger partial charge in [0.05, 0.1) is 10.2 Å². The lowest BCUT2D eigenvalue weighted by molar-refractivity contribution is -0.164. The molecule has 1 fully saturated rings. The molecule has 0 saturated carbocycles. The fourth-order valence-corrected chi connectivity index (χ4v) is 9.57. The number of nitrogens with zero attached hydrogens (tertiary/aromatic N) is 1. The van der Waals surface area contributed by atoms with E-state index in [2.05, 4.69) is 10.6 Å². The standard InChI is InChI=1S/C46H55N3O6S2/c1-33-17-15-16-18-34(33)31-45(26-28-47-29-27-45)42(53)49(39(41(51)52)25-30-56-5)40(50)38(48-43(54)55-44(2,3)4)32-57-46(35-19-9-6-10-20-35,36-21-11-7-12-22-36)37-23-13-8-14-24-37/h6-24,38-39,47H,25-32H2,1-5H3,(H,48,54)(H,51,52)/t38-,39-/m0/s1. The van der Waals surface area contributed by atoms with Crippen molar-refractivity contribution in [2.24, 2.45) is 5.41 Å². The molecule has 0 aromatic heterocycles. The summed E-state index contributed by atoms with van der Waals surface area (Å²) in [5.41, 5.74) is 2.85. The third-order valence-electron chi connectivity index (χ3n) is 10.4. The smallest absolute Gasteiger partial charge is 0.408 e. The quantitative estimate of drug-likeness (QED) is 0.0964. The third kappa shape index (κ3) is 10.7. The molecule has 1 saturated heterocycles. The maximum atomic E-state index is 15.5. The van der Waals surface area contributed by atoms with Crippen LogP contribution in [0, 0.1) is 12.3 Å². The number of aryl methyl sites for hydroxylation is 1. The number of carboxylic acid groups (broad SMARTS) is 1. The van der Waals surface area contributed by atoms with Gasteiger partial charge in [-0.05, 0) is 106 Å². The van der Waals surface area contributed by atoms with E-state index in [0.29, 0.717) is 38.1 Å². The van der Waals surface area contributed by atoms with Gasteiger partial charge in [0.1, 0.15) is 17.7 Å². The Kier molecular flexibility index (Phi) is 15.1. The zero-order valence-corrected chi connectivity index (χ0v) is 35.2. The Labute approximate surface area is 345 Å². The van der Waals surface area contributed by atoms with Crippen molar-refractivity contribution in [3.63, 3.8) is 0 Å². The zero-order valence-electron chi connectivity index (χ0n) is 33.5. The van der Waals surface area contributed by atoms with Crippen molar-refractivity contribution in [2.75, 3.05) is 30.9 Å². The number of imide groups is 1. The van der Waals surface area contributed by atoms with E-state index >= 15 is 9.59 Å². The van der Waals surface area contributed by atoms with E-state index in [0.717, 1.165) is 32.7 Å². The first-order valence-electron chi connectivity index (χ1n) is 19.5. The molecule has 4 aromatic rings. The molecular formula is C46H55N3O6S2. The van der Waals surface area contributed by atoms with Gasteiger partial charge in [0.2, 0.25) is 5.91 Å². The number of amides is 3. The second-order valence-electron chi connectivity index (χ2n) is 15.6. The molecule has 0 radical (unpaired) electrons. The molecule has 0 unspecified atom stereocenters. The van der Waals surface area contributed by atoms with Crippen LogP contribution in [-0.2, 0) is 30.3 Å². The lowest BCUT2D eigenvalue weighted by Gasteiger charge is -2.42. The van der Waals surface area contributed by atoms with Crippen LogP contribution < -0.4 is 10.6 Å². The highest BCUT2D eigenvalue weighted by Crippen LogP contribution is 2.49. The fourth-order valence-electron chi connectivity index (χ4n) is 7.56. The summed E-state index contributed by atoms with van der Waals surface area (Å²) >= 11 is 2.88. The Hall–Kier alpha value is -4.58. The molecule has 3 N–H and O–H groups in total. The maximum Gasteiger partial charge on any atom is 0.408 e. The van der Waals surface area contributed by atoms with Crippen molar-refractivity contribution >= 4 is 47.4 Å². The van der Waals surface area contributed by atoms with Crippen LogP contribution >= 0.6 is 23.5 Å². The second-order valence-corrected chi connectivity index (χ2v) is 17.8. The molecule has 302 valence electrons. The molecule has 2 atom stereocenters. The van der Waals surface area contributed by atoms with E-state index in [4.69, 9.17) is 4.74 Å². The summed E-state index contributed by atoms with van der Waals surface area (Å²) in [7, 11) is 0. The van der Waals surface area contributed by atoms with Crippen LogP contribution in [0.3, 0.4) is 0 Å². The van der Waals surface area contributed by atoms with Gasteiger partial charge in [-0.15, -0.1) is 11.8 Å². The number of thioether (sulfide) groups is 2. The van der Waals surface area contributed by atoms with E-state index < -0.39 is 51.7 Å². The van der Waals surface area contributed by atoms with Crippen molar-refractivity contribution in [1.82, 2.24) is 15.5 Å². The topological polar surface area (TPSA) is 125 Å². The van der Waals surface area contributed by atoms with Crippen LogP contribution in [0.1, 0.15) is 67.9 Å². The number of alkyl carbamates (subject to hydrolysis) is 1. The van der Waals surface area contributed by atoms with Crippen molar-refractivity contribution in [3.8, 4) is 0 Å². The normalized spacial score (nSPS) is 15.2. The molecule has 0 aliphatic carbocycles. The number of benzene rings is 4. The number of carboxylic acids is 1. The summed E-state index contributed by atoms with van der Waals surface area (Å²) in [6, 6.07) is 34.9. The number of aliphatic carboxylic acids is 1. The Morgan fingerprint density at radius 1 is 0.825 bits per heavy atom. The number of hydrogen-bond donors (Lipinski definition) is 3.